The van der Waals surface area contributed by atoms with Gasteiger partial charge in [-0.1, -0.05) is 20.8 Å². The quantitative estimate of drug-likeness (QED) is 0.932. The highest BCUT2D eigenvalue weighted by Crippen LogP contribution is 2.21. The van der Waals surface area contributed by atoms with Crippen molar-refractivity contribution in [1.82, 2.24) is 19.9 Å². The first-order chi connectivity index (χ1) is 8.97. The first kappa shape index (κ1) is 13.7. The third-order valence-corrected chi connectivity index (χ3v) is 3.55. The van der Waals surface area contributed by atoms with Crippen LogP contribution in [0.25, 0.3) is 0 Å². The molecule has 1 amide bonds. The van der Waals surface area contributed by atoms with Crippen LogP contribution in [0.3, 0.4) is 0 Å². The van der Waals surface area contributed by atoms with E-state index in [1.165, 1.54) is 11.3 Å². The average molecular weight is 278 g/mol. The number of aromatic nitrogens is 3. The summed E-state index contributed by atoms with van der Waals surface area (Å²) in [5, 5.41) is 4.81. The predicted octanol–water partition coefficient (Wildman–Crippen LogP) is 2.18. The van der Waals surface area contributed by atoms with E-state index in [0.717, 1.165) is 0 Å². The fourth-order valence-electron chi connectivity index (χ4n) is 1.70. The standard InChI is InChI=1S/C13H18N4OS/c1-13(2,3)11(6-17-5-4-14-8-17)16-12(18)10-7-19-9-15-10/h4-5,7-9,11H,6H2,1-3H3,(H,16,18). The Morgan fingerprint density at radius 2 is 2.32 bits per heavy atom. The molecule has 0 aliphatic heterocycles. The molecule has 2 heterocycles. The molecule has 0 saturated carbocycles. The van der Waals surface area contributed by atoms with Gasteiger partial charge in [0, 0.05) is 24.3 Å². The van der Waals surface area contributed by atoms with Crippen LogP contribution in [0, 0.1) is 5.41 Å². The molecule has 0 spiro atoms. The second-order valence-corrected chi connectivity index (χ2v) is 6.24. The maximum atomic E-state index is 12.1. The van der Waals surface area contributed by atoms with E-state index in [1.807, 2.05) is 10.8 Å². The number of rotatable bonds is 4. The number of carbonyl (C=O) groups excluding carboxylic acids is 1. The largest absolute Gasteiger partial charge is 0.346 e. The molecule has 1 atom stereocenters. The Hall–Kier alpha value is -1.69. The maximum absolute atomic E-state index is 12.1. The van der Waals surface area contributed by atoms with Gasteiger partial charge in [-0.25, -0.2) is 9.97 Å². The molecule has 1 unspecified atom stereocenters. The van der Waals surface area contributed by atoms with Crippen molar-refractivity contribution < 1.29 is 4.79 Å². The minimum Gasteiger partial charge on any atom is -0.346 e. The van der Waals surface area contributed by atoms with E-state index < -0.39 is 0 Å². The topological polar surface area (TPSA) is 59.8 Å². The van der Waals surface area contributed by atoms with Crippen molar-refractivity contribution in [2.45, 2.75) is 33.4 Å². The number of hydrogen-bond acceptors (Lipinski definition) is 4. The van der Waals surface area contributed by atoms with Crippen LogP contribution in [-0.4, -0.2) is 26.5 Å². The van der Waals surface area contributed by atoms with Crippen LogP contribution in [-0.2, 0) is 6.54 Å². The molecular formula is C13H18N4OS. The molecule has 0 aliphatic carbocycles. The fraction of sp³-hybridized carbons (Fsp3) is 0.462. The molecule has 6 heteroatoms. The van der Waals surface area contributed by atoms with E-state index >= 15 is 0 Å². The van der Waals surface area contributed by atoms with Gasteiger partial charge in [0.2, 0.25) is 0 Å². The van der Waals surface area contributed by atoms with Crippen LogP contribution in [0.4, 0.5) is 0 Å². The van der Waals surface area contributed by atoms with Gasteiger partial charge in [-0.2, -0.15) is 0 Å². The zero-order valence-electron chi connectivity index (χ0n) is 11.3. The first-order valence-electron chi connectivity index (χ1n) is 6.11. The lowest BCUT2D eigenvalue weighted by atomic mass is 9.86. The Kier molecular flexibility index (Phi) is 3.99. The van der Waals surface area contributed by atoms with Gasteiger partial charge in [-0.3, -0.25) is 4.79 Å². The van der Waals surface area contributed by atoms with E-state index in [9.17, 15) is 4.79 Å². The number of nitrogens with one attached hydrogen (secondary N) is 1. The molecule has 19 heavy (non-hydrogen) atoms. The predicted molar refractivity (Wildman–Crippen MR) is 75.1 cm³/mol. The molecule has 2 aromatic heterocycles. The summed E-state index contributed by atoms with van der Waals surface area (Å²) in [6.07, 6.45) is 5.39. The zero-order valence-corrected chi connectivity index (χ0v) is 12.1. The first-order valence-corrected chi connectivity index (χ1v) is 7.06. The van der Waals surface area contributed by atoms with Crippen molar-refractivity contribution in [2.24, 2.45) is 5.41 Å². The fourth-order valence-corrected chi connectivity index (χ4v) is 2.23. The lowest BCUT2D eigenvalue weighted by molar-refractivity contribution is 0.0888. The van der Waals surface area contributed by atoms with E-state index in [0.29, 0.717) is 12.2 Å². The van der Waals surface area contributed by atoms with Crippen molar-refractivity contribution >= 4 is 17.2 Å². The van der Waals surface area contributed by atoms with Crippen LogP contribution in [0.1, 0.15) is 31.3 Å². The van der Waals surface area contributed by atoms with Crippen molar-refractivity contribution in [1.29, 1.82) is 0 Å². The number of amides is 1. The number of imidazole rings is 1. The summed E-state index contributed by atoms with van der Waals surface area (Å²) in [6.45, 7) is 7.02. The van der Waals surface area contributed by atoms with Gasteiger partial charge in [0.05, 0.1) is 17.9 Å². The van der Waals surface area contributed by atoms with Crippen LogP contribution >= 0.6 is 11.3 Å². The summed E-state index contributed by atoms with van der Waals surface area (Å²) >= 11 is 1.42. The van der Waals surface area contributed by atoms with E-state index in [-0.39, 0.29) is 17.4 Å². The van der Waals surface area contributed by atoms with Gasteiger partial charge < -0.3 is 9.88 Å². The van der Waals surface area contributed by atoms with Gasteiger partial charge in [0.25, 0.3) is 5.91 Å². The molecular weight excluding hydrogens is 260 g/mol. The number of thiazole rings is 1. The molecule has 0 aliphatic rings. The van der Waals surface area contributed by atoms with Crippen LogP contribution in [0.15, 0.2) is 29.6 Å². The highest BCUT2D eigenvalue weighted by atomic mass is 32.1. The van der Waals surface area contributed by atoms with Crippen molar-refractivity contribution in [3.05, 3.63) is 35.3 Å². The summed E-state index contributed by atoms with van der Waals surface area (Å²) < 4.78 is 1.97. The number of carbonyl (C=O) groups is 1. The molecule has 0 fully saturated rings. The van der Waals surface area contributed by atoms with Gasteiger partial charge in [-0.15, -0.1) is 11.3 Å². The molecule has 0 aromatic carbocycles. The Balaban J connectivity index is 2.08. The normalized spacial score (nSPS) is 13.2. The van der Waals surface area contributed by atoms with Crippen LogP contribution in [0.5, 0.6) is 0 Å². The van der Waals surface area contributed by atoms with E-state index in [1.54, 1.807) is 23.4 Å². The summed E-state index contributed by atoms with van der Waals surface area (Å²) in [6, 6.07) is 0.0101. The summed E-state index contributed by atoms with van der Waals surface area (Å²) in [4.78, 5) is 20.2. The minimum absolute atomic E-state index is 0.0101. The van der Waals surface area contributed by atoms with Gasteiger partial charge >= 0.3 is 0 Å². The highest BCUT2D eigenvalue weighted by Gasteiger charge is 2.27. The van der Waals surface area contributed by atoms with E-state index in [4.69, 9.17) is 0 Å². The smallest absolute Gasteiger partial charge is 0.271 e. The monoisotopic (exact) mass is 278 g/mol. The van der Waals surface area contributed by atoms with Crippen LogP contribution < -0.4 is 5.32 Å². The molecule has 2 aromatic rings. The molecule has 5 nitrogen and oxygen atoms in total. The third kappa shape index (κ3) is 3.64. The number of nitrogens with zero attached hydrogens (tertiary/aromatic N) is 3. The summed E-state index contributed by atoms with van der Waals surface area (Å²) in [5.74, 6) is -0.124. The molecule has 0 radical (unpaired) electrons. The van der Waals surface area contributed by atoms with Gasteiger partial charge in [-0.05, 0) is 5.41 Å². The lowest BCUT2D eigenvalue weighted by Crippen LogP contribution is -2.46. The zero-order chi connectivity index (χ0) is 13.9. The Bertz CT molecular complexity index is 513. The molecule has 102 valence electrons. The summed E-state index contributed by atoms with van der Waals surface area (Å²) in [7, 11) is 0. The van der Waals surface area contributed by atoms with Crippen LogP contribution in [0.2, 0.25) is 0 Å². The van der Waals surface area contributed by atoms with Crippen molar-refractivity contribution in [2.75, 3.05) is 0 Å². The molecule has 1 N–H and O–H groups in total. The Morgan fingerprint density at radius 1 is 1.53 bits per heavy atom. The second-order valence-electron chi connectivity index (χ2n) is 5.53. The lowest BCUT2D eigenvalue weighted by Gasteiger charge is -2.31. The highest BCUT2D eigenvalue weighted by molar-refractivity contribution is 7.07. The Labute approximate surface area is 116 Å². The second kappa shape index (κ2) is 5.52. The average Bonchev–Trinajstić information content (AvgIpc) is 2.99. The van der Waals surface area contributed by atoms with Crippen molar-refractivity contribution in [3.8, 4) is 0 Å². The third-order valence-electron chi connectivity index (χ3n) is 2.97. The number of hydrogen-bond donors (Lipinski definition) is 1. The Morgan fingerprint density at radius 3 is 2.84 bits per heavy atom. The maximum Gasteiger partial charge on any atom is 0.271 e. The van der Waals surface area contributed by atoms with Gasteiger partial charge in [0.15, 0.2) is 0 Å². The SMILES string of the molecule is CC(C)(C)C(Cn1ccnc1)NC(=O)c1cscn1. The molecule has 2 rings (SSSR count). The van der Waals surface area contributed by atoms with Gasteiger partial charge in [0.1, 0.15) is 5.69 Å². The van der Waals surface area contributed by atoms with Crippen molar-refractivity contribution in [3.63, 3.8) is 0 Å². The minimum atomic E-state index is -0.124. The summed E-state index contributed by atoms with van der Waals surface area (Å²) in [5.41, 5.74) is 2.09. The van der Waals surface area contributed by atoms with E-state index in [2.05, 4.69) is 36.1 Å². The molecule has 0 saturated heterocycles. The molecule has 0 bridgehead atoms.